The molecule has 1 amide bonds. The maximum atomic E-state index is 13.6. The first kappa shape index (κ1) is 23.6. The number of nitrogens with zero attached hydrogens (tertiary/aromatic N) is 1. The Hall–Kier alpha value is -3.52. The summed E-state index contributed by atoms with van der Waals surface area (Å²) < 4.78 is 39.5. The summed E-state index contributed by atoms with van der Waals surface area (Å²) in [6.07, 6.45) is 0.631. The number of rotatable bonds is 8. The molecule has 0 aromatic heterocycles. The number of fused-ring (bicyclic) bond motifs is 1. The van der Waals surface area contributed by atoms with Crippen LogP contribution in [0.5, 0.6) is 11.5 Å². The first-order valence-corrected chi connectivity index (χ1v) is 12.7. The summed E-state index contributed by atoms with van der Waals surface area (Å²) in [4.78, 5) is 13.2. The molecule has 1 aliphatic heterocycles. The van der Waals surface area contributed by atoms with E-state index in [1.807, 2.05) is 44.2 Å². The van der Waals surface area contributed by atoms with Gasteiger partial charge >= 0.3 is 0 Å². The Morgan fingerprint density at radius 1 is 0.971 bits per heavy atom. The largest absolute Gasteiger partial charge is 0.486 e. The Balaban J connectivity index is 1.59. The van der Waals surface area contributed by atoms with Crippen molar-refractivity contribution < 1.29 is 22.7 Å². The van der Waals surface area contributed by atoms with Crippen molar-refractivity contribution in [1.29, 1.82) is 0 Å². The summed E-state index contributed by atoms with van der Waals surface area (Å²) in [6.45, 7) is 4.43. The maximum Gasteiger partial charge on any atom is 0.264 e. The minimum absolute atomic E-state index is 0.133. The van der Waals surface area contributed by atoms with Gasteiger partial charge in [0.05, 0.1) is 16.6 Å². The number of sulfonamides is 1. The topological polar surface area (TPSA) is 84.9 Å². The number of nitrogens with one attached hydrogen (secondary N) is 1. The lowest BCUT2D eigenvalue weighted by Gasteiger charge is -2.27. The van der Waals surface area contributed by atoms with Crippen LogP contribution >= 0.6 is 0 Å². The molecule has 4 rings (SSSR count). The number of benzene rings is 3. The fraction of sp³-hybridized carbons (Fsp3) is 0.269. The molecular formula is C26H28N2O5S. The van der Waals surface area contributed by atoms with Gasteiger partial charge in [0.1, 0.15) is 19.8 Å². The second kappa shape index (κ2) is 10.2. The lowest BCUT2D eigenvalue weighted by Crippen LogP contribution is -2.42. The van der Waals surface area contributed by atoms with Crippen molar-refractivity contribution in [3.05, 3.63) is 83.9 Å². The van der Waals surface area contributed by atoms with Crippen molar-refractivity contribution in [3.8, 4) is 11.5 Å². The number of amides is 1. The highest BCUT2D eigenvalue weighted by Gasteiger charge is 2.29. The van der Waals surface area contributed by atoms with Crippen LogP contribution in [0.3, 0.4) is 0 Å². The molecule has 34 heavy (non-hydrogen) atoms. The van der Waals surface area contributed by atoms with Gasteiger partial charge in [-0.1, -0.05) is 49.4 Å². The van der Waals surface area contributed by atoms with Crippen LogP contribution in [0.25, 0.3) is 0 Å². The maximum absolute atomic E-state index is 13.6. The van der Waals surface area contributed by atoms with E-state index in [1.165, 1.54) is 16.4 Å². The smallest absolute Gasteiger partial charge is 0.264 e. The molecule has 1 N–H and O–H groups in total. The lowest BCUT2D eigenvalue weighted by molar-refractivity contribution is -0.120. The van der Waals surface area contributed by atoms with Gasteiger partial charge < -0.3 is 14.8 Å². The monoisotopic (exact) mass is 480 g/mol. The van der Waals surface area contributed by atoms with Gasteiger partial charge in [-0.2, -0.15) is 0 Å². The molecule has 0 radical (unpaired) electrons. The zero-order chi connectivity index (χ0) is 24.1. The summed E-state index contributed by atoms with van der Waals surface area (Å²) in [5, 5.41) is 2.92. The van der Waals surface area contributed by atoms with Crippen LogP contribution in [0.4, 0.5) is 5.69 Å². The minimum atomic E-state index is -3.96. The standard InChI is InChI=1S/C26H28N2O5S/c1-3-20-9-7-8-12-23(20)28(34(30,31)22-10-5-4-6-11-22)18-26(29)27-19(2)21-13-14-24-25(17-21)33-16-15-32-24/h4-14,17,19H,3,15-16,18H2,1-2H3,(H,27,29)/t19-/m0/s1. The average Bonchev–Trinajstić information content (AvgIpc) is 2.87. The molecule has 0 saturated carbocycles. The molecular weight excluding hydrogens is 452 g/mol. The van der Waals surface area contributed by atoms with E-state index in [0.29, 0.717) is 36.8 Å². The number of hydrogen-bond donors (Lipinski definition) is 1. The van der Waals surface area contributed by atoms with Crippen molar-refractivity contribution in [2.45, 2.75) is 31.2 Å². The van der Waals surface area contributed by atoms with Gasteiger partial charge in [0.2, 0.25) is 5.91 Å². The molecule has 0 saturated heterocycles. The summed E-state index contributed by atoms with van der Waals surface area (Å²) in [5.41, 5.74) is 2.18. The van der Waals surface area contributed by atoms with Crippen molar-refractivity contribution in [2.75, 3.05) is 24.1 Å². The van der Waals surface area contributed by atoms with Crippen LogP contribution < -0.4 is 19.1 Å². The highest BCUT2D eigenvalue weighted by molar-refractivity contribution is 7.92. The van der Waals surface area contributed by atoms with Crippen molar-refractivity contribution in [2.24, 2.45) is 0 Å². The molecule has 8 heteroatoms. The number of para-hydroxylation sites is 1. The van der Waals surface area contributed by atoms with E-state index < -0.39 is 15.9 Å². The summed E-state index contributed by atoms with van der Waals surface area (Å²) in [5.74, 6) is 0.896. The molecule has 0 spiro atoms. The molecule has 1 heterocycles. The van der Waals surface area contributed by atoms with E-state index in [1.54, 1.807) is 30.3 Å². The molecule has 7 nitrogen and oxygen atoms in total. The number of hydrogen-bond acceptors (Lipinski definition) is 5. The van der Waals surface area contributed by atoms with E-state index in [0.717, 1.165) is 11.1 Å². The SMILES string of the molecule is CCc1ccccc1N(CC(=O)N[C@@H](C)c1ccc2c(c1)OCCO2)S(=O)(=O)c1ccccc1. The molecule has 3 aromatic rings. The zero-order valence-corrected chi connectivity index (χ0v) is 20.0. The summed E-state index contributed by atoms with van der Waals surface area (Å²) in [6, 6.07) is 20.6. The van der Waals surface area contributed by atoms with Gasteiger partial charge in [-0.05, 0) is 54.8 Å². The highest BCUT2D eigenvalue weighted by atomic mass is 32.2. The Bertz CT molecular complexity index is 1260. The quantitative estimate of drug-likeness (QED) is 0.525. The van der Waals surface area contributed by atoms with Crippen LogP contribution in [0.2, 0.25) is 0 Å². The van der Waals surface area contributed by atoms with E-state index >= 15 is 0 Å². The molecule has 0 fully saturated rings. The number of carbonyl (C=O) groups excluding carboxylic acids is 1. The molecule has 178 valence electrons. The Labute approximate surface area is 200 Å². The van der Waals surface area contributed by atoms with Crippen LogP contribution in [-0.2, 0) is 21.2 Å². The molecule has 0 bridgehead atoms. The second-order valence-corrected chi connectivity index (χ2v) is 9.86. The highest BCUT2D eigenvalue weighted by Crippen LogP contribution is 2.33. The van der Waals surface area contributed by atoms with E-state index in [4.69, 9.17) is 9.47 Å². The van der Waals surface area contributed by atoms with Crippen LogP contribution in [0.1, 0.15) is 31.0 Å². The van der Waals surface area contributed by atoms with E-state index in [2.05, 4.69) is 5.32 Å². The molecule has 1 atom stereocenters. The van der Waals surface area contributed by atoms with Gasteiger partial charge in [-0.25, -0.2) is 8.42 Å². The Morgan fingerprint density at radius 2 is 1.65 bits per heavy atom. The van der Waals surface area contributed by atoms with Crippen LogP contribution in [0.15, 0.2) is 77.7 Å². The number of anilines is 1. The summed E-state index contributed by atoms with van der Waals surface area (Å²) >= 11 is 0. The zero-order valence-electron chi connectivity index (χ0n) is 19.2. The van der Waals surface area contributed by atoms with Crippen molar-refractivity contribution >= 4 is 21.6 Å². The normalized spacial score (nSPS) is 13.7. The molecule has 3 aromatic carbocycles. The predicted octanol–water partition coefficient (Wildman–Crippen LogP) is 4.09. The minimum Gasteiger partial charge on any atom is -0.486 e. The van der Waals surface area contributed by atoms with Gasteiger partial charge in [-0.15, -0.1) is 0 Å². The van der Waals surface area contributed by atoms with E-state index in [9.17, 15) is 13.2 Å². The number of aryl methyl sites for hydroxylation is 1. The van der Waals surface area contributed by atoms with Crippen molar-refractivity contribution in [1.82, 2.24) is 5.32 Å². The van der Waals surface area contributed by atoms with Crippen LogP contribution in [-0.4, -0.2) is 34.1 Å². The Kier molecular flexibility index (Phi) is 7.07. The molecule has 0 unspecified atom stereocenters. The van der Waals surface area contributed by atoms with Gasteiger partial charge in [0, 0.05) is 0 Å². The van der Waals surface area contributed by atoms with Gasteiger partial charge in [0.15, 0.2) is 11.5 Å². The first-order chi connectivity index (χ1) is 16.4. The average molecular weight is 481 g/mol. The summed E-state index contributed by atoms with van der Waals surface area (Å²) in [7, 11) is -3.96. The molecule has 1 aliphatic rings. The van der Waals surface area contributed by atoms with Crippen molar-refractivity contribution in [3.63, 3.8) is 0 Å². The van der Waals surface area contributed by atoms with E-state index in [-0.39, 0.29) is 17.5 Å². The third-order valence-corrected chi connectivity index (χ3v) is 7.48. The Morgan fingerprint density at radius 3 is 2.38 bits per heavy atom. The fourth-order valence-electron chi connectivity index (χ4n) is 3.90. The first-order valence-electron chi connectivity index (χ1n) is 11.2. The number of ether oxygens (including phenoxy) is 2. The van der Waals surface area contributed by atoms with Crippen LogP contribution in [0, 0.1) is 0 Å². The lowest BCUT2D eigenvalue weighted by atomic mass is 10.1. The third kappa shape index (κ3) is 5.02. The third-order valence-electron chi connectivity index (χ3n) is 5.70. The second-order valence-electron chi connectivity index (χ2n) is 8.00. The molecule has 0 aliphatic carbocycles. The number of carbonyl (C=O) groups is 1. The predicted molar refractivity (Wildman–Crippen MR) is 131 cm³/mol. The van der Waals surface area contributed by atoms with Gasteiger partial charge in [0.25, 0.3) is 10.0 Å². The fourth-order valence-corrected chi connectivity index (χ4v) is 5.38. The van der Waals surface area contributed by atoms with Gasteiger partial charge in [-0.3, -0.25) is 9.10 Å².